The highest BCUT2D eigenvalue weighted by Gasteiger charge is 2.30. The number of sulfonamides is 1. The lowest BCUT2D eigenvalue weighted by Gasteiger charge is -2.33. The van der Waals surface area contributed by atoms with Crippen molar-refractivity contribution in [2.75, 3.05) is 37.9 Å². The average Bonchev–Trinajstić information content (AvgIpc) is 2.74. The molecule has 2 aliphatic heterocycles. The number of hydrogen-bond acceptors (Lipinski definition) is 6. The highest BCUT2D eigenvalue weighted by molar-refractivity contribution is 7.88. The minimum atomic E-state index is -3.13. The highest BCUT2D eigenvalue weighted by Crippen LogP contribution is 2.34. The van der Waals surface area contributed by atoms with Crippen molar-refractivity contribution in [1.82, 2.24) is 14.3 Å². The van der Waals surface area contributed by atoms with Crippen LogP contribution in [0.5, 0.6) is 5.75 Å². The number of piperidine rings is 1. The number of ether oxygens (including phenoxy) is 1. The van der Waals surface area contributed by atoms with Gasteiger partial charge in [0, 0.05) is 48.9 Å². The fourth-order valence-corrected chi connectivity index (χ4v) is 5.40. The summed E-state index contributed by atoms with van der Waals surface area (Å²) in [5.74, 6) is 2.97. The molecule has 30 heavy (non-hydrogen) atoms. The number of nitrogens with zero attached hydrogens (tertiary/aromatic N) is 4. The minimum absolute atomic E-state index is 0.196. The second kappa shape index (κ2) is 8.51. The molecule has 3 heterocycles. The first-order chi connectivity index (χ1) is 14.4. The van der Waals surface area contributed by atoms with Crippen LogP contribution in [0.2, 0.25) is 0 Å². The minimum Gasteiger partial charge on any atom is -0.496 e. The van der Waals surface area contributed by atoms with E-state index in [4.69, 9.17) is 14.7 Å². The van der Waals surface area contributed by atoms with Crippen molar-refractivity contribution in [2.45, 2.75) is 45.1 Å². The lowest BCUT2D eigenvalue weighted by atomic mass is 9.96. The third-order valence-electron chi connectivity index (χ3n) is 6.21. The van der Waals surface area contributed by atoms with Crippen LogP contribution >= 0.6 is 0 Å². The Labute approximate surface area is 179 Å². The molecule has 0 amide bonds. The van der Waals surface area contributed by atoms with Crippen LogP contribution in [0.25, 0.3) is 0 Å². The van der Waals surface area contributed by atoms with Gasteiger partial charge < -0.3 is 9.64 Å². The normalized spacial score (nSPS) is 18.3. The Morgan fingerprint density at radius 2 is 1.87 bits per heavy atom. The zero-order chi connectivity index (χ0) is 21.3. The van der Waals surface area contributed by atoms with Crippen LogP contribution in [-0.2, 0) is 23.0 Å². The molecule has 2 aliphatic rings. The third-order valence-corrected chi connectivity index (χ3v) is 7.51. The van der Waals surface area contributed by atoms with Gasteiger partial charge in [0.25, 0.3) is 0 Å². The van der Waals surface area contributed by atoms with Gasteiger partial charge in [-0.25, -0.2) is 22.7 Å². The molecule has 7 nitrogen and oxygen atoms in total. The molecule has 0 aliphatic carbocycles. The summed E-state index contributed by atoms with van der Waals surface area (Å²) in [5, 5.41) is 0. The van der Waals surface area contributed by atoms with E-state index in [1.54, 1.807) is 11.4 Å². The Morgan fingerprint density at radius 1 is 1.13 bits per heavy atom. The Kier molecular flexibility index (Phi) is 5.97. The van der Waals surface area contributed by atoms with Crippen molar-refractivity contribution in [3.8, 4) is 5.75 Å². The van der Waals surface area contributed by atoms with Crippen LogP contribution < -0.4 is 9.64 Å². The second-order valence-corrected chi connectivity index (χ2v) is 10.2. The number of rotatable bonds is 5. The smallest absolute Gasteiger partial charge is 0.211 e. The van der Waals surface area contributed by atoms with Crippen molar-refractivity contribution < 1.29 is 13.2 Å². The molecule has 4 rings (SSSR count). The molecule has 0 bridgehead atoms. The number of aromatic nitrogens is 2. The van der Waals surface area contributed by atoms with Crippen molar-refractivity contribution in [1.29, 1.82) is 0 Å². The van der Waals surface area contributed by atoms with E-state index < -0.39 is 10.0 Å². The molecule has 0 saturated carbocycles. The standard InChI is InChI=1S/C22H30N4O3S/c1-16-19-8-6-12-25(15-18-7-4-5-9-20(18)29-2)22(19)24-21(23-16)17-10-13-26(14-11-17)30(3,27)28/h4-5,7,9,17H,6,8,10-15H2,1-3H3. The molecular formula is C22H30N4O3S. The Bertz CT molecular complexity index is 1020. The number of anilines is 1. The zero-order valence-electron chi connectivity index (χ0n) is 18.0. The summed E-state index contributed by atoms with van der Waals surface area (Å²) in [6, 6.07) is 8.12. The van der Waals surface area contributed by atoms with Gasteiger partial charge in [0.15, 0.2) is 0 Å². The predicted molar refractivity (Wildman–Crippen MR) is 118 cm³/mol. The van der Waals surface area contributed by atoms with Gasteiger partial charge >= 0.3 is 0 Å². The molecular weight excluding hydrogens is 400 g/mol. The van der Waals surface area contributed by atoms with E-state index >= 15 is 0 Å². The third kappa shape index (κ3) is 4.30. The summed E-state index contributed by atoms with van der Waals surface area (Å²) >= 11 is 0. The van der Waals surface area contributed by atoms with Crippen LogP contribution in [0, 0.1) is 6.92 Å². The van der Waals surface area contributed by atoms with Crippen LogP contribution in [0.1, 0.15) is 47.8 Å². The van der Waals surface area contributed by atoms with E-state index in [0.29, 0.717) is 13.1 Å². The number of methoxy groups -OCH3 is 1. The van der Waals surface area contributed by atoms with Gasteiger partial charge in [-0.15, -0.1) is 0 Å². The van der Waals surface area contributed by atoms with Crippen LogP contribution in [0.4, 0.5) is 5.82 Å². The lowest BCUT2D eigenvalue weighted by Crippen LogP contribution is -2.38. The fourth-order valence-electron chi connectivity index (χ4n) is 4.53. The van der Waals surface area contributed by atoms with Gasteiger partial charge in [0.05, 0.1) is 13.4 Å². The quantitative estimate of drug-likeness (QED) is 0.726. The van der Waals surface area contributed by atoms with E-state index in [0.717, 1.165) is 67.4 Å². The largest absolute Gasteiger partial charge is 0.496 e. The Morgan fingerprint density at radius 3 is 2.57 bits per heavy atom. The van der Waals surface area contributed by atoms with Crippen molar-refractivity contribution in [3.63, 3.8) is 0 Å². The van der Waals surface area contributed by atoms with E-state index in [2.05, 4.69) is 17.9 Å². The maximum atomic E-state index is 11.8. The first kappa shape index (κ1) is 21.1. The summed E-state index contributed by atoms with van der Waals surface area (Å²) in [5.41, 5.74) is 3.42. The summed E-state index contributed by atoms with van der Waals surface area (Å²) in [6.45, 7) is 4.84. The molecule has 0 spiro atoms. The number of benzene rings is 1. The molecule has 0 N–H and O–H groups in total. The Balaban J connectivity index is 1.60. The molecule has 1 saturated heterocycles. The molecule has 8 heteroatoms. The maximum Gasteiger partial charge on any atom is 0.211 e. The SMILES string of the molecule is COc1ccccc1CN1CCCc2c(C)nc(C3CCN(S(C)(=O)=O)CC3)nc21. The molecule has 162 valence electrons. The van der Waals surface area contributed by atoms with Gasteiger partial charge in [0.2, 0.25) is 10.0 Å². The number of hydrogen-bond donors (Lipinski definition) is 0. The lowest BCUT2D eigenvalue weighted by molar-refractivity contribution is 0.315. The van der Waals surface area contributed by atoms with Gasteiger partial charge in [-0.05, 0) is 38.7 Å². The maximum absolute atomic E-state index is 11.8. The average molecular weight is 431 g/mol. The van der Waals surface area contributed by atoms with Gasteiger partial charge in [-0.1, -0.05) is 18.2 Å². The zero-order valence-corrected chi connectivity index (χ0v) is 18.8. The molecule has 0 unspecified atom stereocenters. The summed E-state index contributed by atoms with van der Waals surface area (Å²) in [6.07, 6.45) is 4.88. The van der Waals surface area contributed by atoms with Crippen LogP contribution in [-0.4, -0.2) is 55.7 Å². The number of fused-ring (bicyclic) bond motifs is 1. The Hall–Kier alpha value is -2.19. The van der Waals surface area contributed by atoms with Gasteiger partial charge in [-0.2, -0.15) is 0 Å². The second-order valence-electron chi connectivity index (χ2n) is 8.24. The monoisotopic (exact) mass is 430 g/mol. The highest BCUT2D eigenvalue weighted by atomic mass is 32.2. The fraction of sp³-hybridized carbons (Fsp3) is 0.545. The molecule has 1 fully saturated rings. The van der Waals surface area contributed by atoms with E-state index in [-0.39, 0.29) is 5.92 Å². The van der Waals surface area contributed by atoms with E-state index in [9.17, 15) is 8.42 Å². The van der Waals surface area contributed by atoms with Crippen molar-refractivity contribution in [2.24, 2.45) is 0 Å². The molecule has 0 radical (unpaired) electrons. The molecule has 1 aromatic carbocycles. The van der Waals surface area contributed by atoms with Crippen molar-refractivity contribution >= 4 is 15.8 Å². The number of para-hydroxylation sites is 1. The van der Waals surface area contributed by atoms with E-state index in [1.807, 2.05) is 18.2 Å². The number of aryl methyl sites for hydroxylation is 1. The van der Waals surface area contributed by atoms with Gasteiger partial charge in [0.1, 0.15) is 17.4 Å². The van der Waals surface area contributed by atoms with Crippen LogP contribution in [0.3, 0.4) is 0 Å². The molecule has 2 aromatic rings. The predicted octanol–water partition coefficient (Wildman–Crippen LogP) is 2.89. The summed E-state index contributed by atoms with van der Waals surface area (Å²) in [7, 11) is -1.43. The van der Waals surface area contributed by atoms with E-state index in [1.165, 1.54) is 11.8 Å². The first-order valence-electron chi connectivity index (χ1n) is 10.6. The summed E-state index contributed by atoms with van der Waals surface area (Å²) in [4.78, 5) is 12.2. The topological polar surface area (TPSA) is 75.6 Å². The molecule has 0 atom stereocenters. The van der Waals surface area contributed by atoms with Gasteiger partial charge in [-0.3, -0.25) is 0 Å². The summed E-state index contributed by atoms with van der Waals surface area (Å²) < 4.78 is 30.7. The first-order valence-corrected chi connectivity index (χ1v) is 12.4. The van der Waals surface area contributed by atoms with Crippen LogP contribution in [0.15, 0.2) is 24.3 Å². The van der Waals surface area contributed by atoms with Crippen molar-refractivity contribution in [3.05, 3.63) is 46.9 Å². The molecule has 1 aromatic heterocycles.